The number of benzene rings is 1. The van der Waals surface area contributed by atoms with Gasteiger partial charge >= 0.3 is 0 Å². The normalized spacial score (nSPS) is 11.9. The maximum Gasteiger partial charge on any atom is 0.191 e. The van der Waals surface area contributed by atoms with Crippen molar-refractivity contribution >= 4 is 5.96 Å². The smallest absolute Gasteiger partial charge is 0.191 e. The predicted molar refractivity (Wildman–Crippen MR) is 86.7 cm³/mol. The zero-order valence-electron chi connectivity index (χ0n) is 13.3. The van der Waals surface area contributed by atoms with E-state index in [2.05, 4.69) is 66.9 Å². The van der Waals surface area contributed by atoms with Crippen molar-refractivity contribution in [1.29, 1.82) is 0 Å². The minimum Gasteiger partial charge on any atom is -0.370 e. The quantitative estimate of drug-likeness (QED) is 0.614. The Balaban J connectivity index is 2.68. The molecule has 0 atom stereocenters. The second-order valence-corrected chi connectivity index (χ2v) is 5.00. The topological polar surface area (TPSA) is 44.9 Å². The van der Waals surface area contributed by atoms with E-state index >= 15 is 0 Å². The van der Waals surface area contributed by atoms with Gasteiger partial charge in [-0.1, -0.05) is 31.2 Å². The Morgan fingerprint density at radius 3 is 2.35 bits per heavy atom. The number of nitrogens with zero attached hydrogens (tertiary/aromatic N) is 3. The van der Waals surface area contributed by atoms with Crippen molar-refractivity contribution in [3.63, 3.8) is 0 Å². The molecule has 0 heterocycles. The highest BCUT2D eigenvalue weighted by atomic mass is 15.2. The second-order valence-electron chi connectivity index (χ2n) is 5.00. The molecule has 0 unspecified atom stereocenters. The van der Waals surface area contributed by atoms with Crippen molar-refractivity contribution in [2.75, 3.05) is 26.7 Å². The molecule has 4 heteroatoms. The van der Waals surface area contributed by atoms with Crippen molar-refractivity contribution in [3.05, 3.63) is 35.4 Å². The Kier molecular flexibility index (Phi) is 7.09. The largest absolute Gasteiger partial charge is 0.370 e. The van der Waals surface area contributed by atoms with Crippen LogP contribution in [0.4, 0.5) is 0 Å². The SMILES string of the molecule is CCN(C)Cc1cccc(CN=C(N)N(CC)CC)c1. The molecule has 0 amide bonds. The molecule has 0 aliphatic rings. The fourth-order valence-corrected chi connectivity index (χ4v) is 2.07. The van der Waals surface area contributed by atoms with Crippen LogP contribution in [0, 0.1) is 0 Å². The third-order valence-electron chi connectivity index (χ3n) is 3.49. The molecule has 112 valence electrons. The van der Waals surface area contributed by atoms with Crippen molar-refractivity contribution in [1.82, 2.24) is 9.80 Å². The minimum absolute atomic E-state index is 0.631. The van der Waals surface area contributed by atoms with Gasteiger partial charge in [-0.05, 0) is 38.6 Å². The van der Waals surface area contributed by atoms with E-state index in [0.29, 0.717) is 12.5 Å². The highest BCUT2D eigenvalue weighted by Crippen LogP contribution is 2.09. The predicted octanol–water partition coefficient (Wildman–Crippen LogP) is 2.29. The van der Waals surface area contributed by atoms with Gasteiger partial charge in [0.05, 0.1) is 6.54 Å². The average Bonchev–Trinajstić information content (AvgIpc) is 2.46. The second kappa shape index (κ2) is 8.59. The van der Waals surface area contributed by atoms with Gasteiger partial charge in [0.2, 0.25) is 0 Å². The Morgan fingerprint density at radius 1 is 1.10 bits per heavy atom. The Hall–Kier alpha value is -1.55. The Bertz CT molecular complexity index is 424. The third kappa shape index (κ3) is 5.21. The summed E-state index contributed by atoms with van der Waals surface area (Å²) < 4.78 is 0. The zero-order valence-corrected chi connectivity index (χ0v) is 13.3. The highest BCUT2D eigenvalue weighted by Gasteiger charge is 2.03. The molecule has 4 nitrogen and oxygen atoms in total. The van der Waals surface area contributed by atoms with Gasteiger partial charge in [0.15, 0.2) is 5.96 Å². The molecule has 1 aromatic rings. The van der Waals surface area contributed by atoms with E-state index in [0.717, 1.165) is 26.2 Å². The van der Waals surface area contributed by atoms with E-state index in [-0.39, 0.29) is 0 Å². The molecule has 0 spiro atoms. The van der Waals surface area contributed by atoms with Crippen LogP contribution >= 0.6 is 0 Å². The molecule has 0 saturated carbocycles. The first-order valence-electron chi connectivity index (χ1n) is 7.41. The number of guanidine groups is 1. The summed E-state index contributed by atoms with van der Waals surface area (Å²) in [6.07, 6.45) is 0. The first-order chi connectivity index (χ1) is 9.60. The molecule has 0 bridgehead atoms. The van der Waals surface area contributed by atoms with Crippen LogP contribution in [-0.4, -0.2) is 42.4 Å². The lowest BCUT2D eigenvalue weighted by atomic mass is 10.1. The summed E-state index contributed by atoms with van der Waals surface area (Å²) in [4.78, 5) is 8.83. The van der Waals surface area contributed by atoms with Crippen molar-refractivity contribution in [2.24, 2.45) is 10.7 Å². The van der Waals surface area contributed by atoms with Crippen molar-refractivity contribution in [3.8, 4) is 0 Å². The summed E-state index contributed by atoms with van der Waals surface area (Å²) in [6, 6.07) is 8.57. The van der Waals surface area contributed by atoms with E-state index in [9.17, 15) is 0 Å². The minimum atomic E-state index is 0.631. The van der Waals surface area contributed by atoms with E-state index < -0.39 is 0 Å². The maximum atomic E-state index is 5.99. The third-order valence-corrected chi connectivity index (χ3v) is 3.49. The van der Waals surface area contributed by atoms with Crippen LogP contribution in [0.2, 0.25) is 0 Å². The molecule has 1 aromatic carbocycles. The lowest BCUT2D eigenvalue weighted by Gasteiger charge is -2.19. The fourth-order valence-electron chi connectivity index (χ4n) is 2.07. The van der Waals surface area contributed by atoms with Crippen molar-refractivity contribution < 1.29 is 0 Å². The molecule has 2 N–H and O–H groups in total. The van der Waals surface area contributed by atoms with Crippen LogP contribution < -0.4 is 5.73 Å². The fraction of sp³-hybridized carbons (Fsp3) is 0.562. The molecule has 0 aliphatic carbocycles. The van der Waals surface area contributed by atoms with Crippen LogP contribution in [0.3, 0.4) is 0 Å². The number of rotatable bonds is 7. The summed E-state index contributed by atoms with van der Waals surface area (Å²) >= 11 is 0. The summed E-state index contributed by atoms with van der Waals surface area (Å²) in [6.45, 7) is 10.8. The molecule has 0 aliphatic heterocycles. The summed E-state index contributed by atoms with van der Waals surface area (Å²) in [5.41, 5.74) is 8.53. The first kappa shape index (κ1) is 16.5. The Morgan fingerprint density at radius 2 is 1.75 bits per heavy atom. The molecular weight excluding hydrogens is 248 g/mol. The van der Waals surface area contributed by atoms with Crippen LogP contribution in [0.15, 0.2) is 29.3 Å². The van der Waals surface area contributed by atoms with E-state index in [1.165, 1.54) is 11.1 Å². The monoisotopic (exact) mass is 276 g/mol. The van der Waals surface area contributed by atoms with Gasteiger partial charge in [-0.15, -0.1) is 0 Å². The molecule has 0 fully saturated rings. The van der Waals surface area contributed by atoms with Crippen molar-refractivity contribution in [2.45, 2.75) is 33.9 Å². The standard InChI is InChI=1S/C16H28N4/c1-5-19(4)13-15-10-8-9-14(11-15)12-18-16(17)20(6-2)7-3/h8-11H,5-7,12-13H2,1-4H3,(H2,17,18). The summed E-state index contributed by atoms with van der Waals surface area (Å²) in [7, 11) is 2.13. The molecule has 0 radical (unpaired) electrons. The van der Waals surface area contributed by atoms with E-state index in [1.54, 1.807) is 0 Å². The van der Waals surface area contributed by atoms with Gasteiger partial charge in [0, 0.05) is 19.6 Å². The number of hydrogen-bond acceptors (Lipinski definition) is 2. The number of hydrogen-bond donors (Lipinski definition) is 1. The number of aliphatic imine (C=N–C) groups is 1. The molecule has 1 rings (SSSR count). The van der Waals surface area contributed by atoms with Gasteiger partial charge in [-0.2, -0.15) is 0 Å². The summed E-state index contributed by atoms with van der Waals surface area (Å²) in [5.74, 6) is 0.631. The van der Waals surface area contributed by atoms with Gasteiger partial charge in [0.25, 0.3) is 0 Å². The van der Waals surface area contributed by atoms with Crippen LogP contribution in [0.25, 0.3) is 0 Å². The Labute approximate surface area is 123 Å². The lowest BCUT2D eigenvalue weighted by Crippen LogP contribution is -2.37. The zero-order chi connectivity index (χ0) is 15.0. The summed E-state index contributed by atoms with van der Waals surface area (Å²) in [5, 5.41) is 0. The van der Waals surface area contributed by atoms with Gasteiger partial charge < -0.3 is 15.5 Å². The molecular formula is C16H28N4. The number of nitrogens with two attached hydrogens (primary N) is 1. The van der Waals surface area contributed by atoms with E-state index in [4.69, 9.17) is 5.73 Å². The lowest BCUT2D eigenvalue weighted by molar-refractivity contribution is 0.345. The molecule has 0 aromatic heterocycles. The van der Waals surface area contributed by atoms with Gasteiger partial charge in [-0.25, -0.2) is 4.99 Å². The average molecular weight is 276 g/mol. The van der Waals surface area contributed by atoms with Crippen LogP contribution in [0.1, 0.15) is 31.9 Å². The van der Waals surface area contributed by atoms with Gasteiger partial charge in [-0.3, -0.25) is 0 Å². The van der Waals surface area contributed by atoms with Gasteiger partial charge in [0.1, 0.15) is 0 Å². The first-order valence-corrected chi connectivity index (χ1v) is 7.41. The van der Waals surface area contributed by atoms with Crippen LogP contribution in [-0.2, 0) is 13.1 Å². The molecule has 0 saturated heterocycles. The maximum absolute atomic E-state index is 5.99. The molecule has 20 heavy (non-hydrogen) atoms. The van der Waals surface area contributed by atoms with E-state index in [1.807, 2.05) is 0 Å². The highest BCUT2D eigenvalue weighted by molar-refractivity contribution is 5.77. The van der Waals surface area contributed by atoms with Crippen LogP contribution in [0.5, 0.6) is 0 Å².